The summed E-state index contributed by atoms with van der Waals surface area (Å²) in [5, 5.41) is 0. The number of ether oxygens (including phenoxy) is 1. The zero-order chi connectivity index (χ0) is 18.4. The summed E-state index contributed by atoms with van der Waals surface area (Å²) in [4.78, 5) is 0. The highest BCUT2D eigenvalue weighted by molar-refractivity contribution is 5.64. The summed E-state index contributed by atoms with van der Waals surface area (Å²) in [5.41, 5.74) is 4.01. The molecule has 1 nitrogen and oxygen atoms in total. The van der Waals surface area contributed by atoms with Crippen molar-refractivity contribution in [2.75, 3.05) is 7.11 Å². The van der Waals surface area contributed by atoms with Crippen molar-refractivity contribution in [3.8, 4) is 16.9 Å². The van der Waals surface area contributed by atoms with Crippen LogP contribution in [0.1, 0.15) is 57.9 Å². The Morgan fingerprint density at radius 2 is 1.54 bits per heavy atom. The predicted molar refractivity (Wildman–Crippen MR) is 112 cm³/mol. The van der Waals surface area contributed by atoms with Gasteiger partial charge in [0, 0.05) is 0 Å². The molecular formula is C25H34O. The maximum absolute atomic E-state index is 5.24. The Labute approximate surface area is 159 Å². The summed E-state index contributed by atoms with van der Waals surface area (Å²) < 4.78 is 5.24. The average molecular weight is 351 g/mol. The zero-order valence-electron chi connectivity index (χ0n) is 16.7. The average Bonchev–Trinajstić information content (AvgIpc) is 2.68. The molecule has 2 aromatic carbocycles. The van der Waals surface area contributed by atoms with E-state index in [1.807, 2.05) is 12.1 Å². The van der Waals surface area contributed by atoms with Crippen molar-refractivity contribution in [1.82, 2.24) is 0 Å². The third-order valence-electron chi connectivity index (χ3n) is 6.33. The van der Waals surface area contributed by atoms with Crippen LogP contribution < -0.4 is 4.74 Å². The standard InChI is InChI=1S/C25H34O/c1-4-5-21-9-11-22(19(2)18-21)10-6-20-7-12-23(13-8-20)24-14-16-25(26-3)17-15-24/h7-8,12-17,19,21-22H,4-6,9-11,18H2,1-3H3. The molecule has 0 bridgehead atoms. The van der Waals surface area contributed by atoms with Crippen LogP contribution >= 0.6 is 0 Å². The summed E-state index contributed by atoms with van der Waals surface area (Å²) in [6.45, 7) is 4.81. The second-order valence-corrected chi connectivity index (χ2v) is 8.17. The fourth-order valence-corrected chi connectivity index (χ4v) is 4.67. The fourth-order valence-electron chi connectivity index (χ4n) is 4.67. The Bertz CT molecular complexity index is 656. The Morgan fingerprint density at radius 3 is 2.12 bits per heavy atom. The summed E-state index contributed by atoms with van der Waals surface area (Å²) >= 11 is 0. The lowest BCUT2D eigenvalue weighted by Crippen LogP contribution is -2.23. The van der Waals surface area contributed by atoms with E-state index >= 15 is 0 Å². The van der Waals surface area contributed by atoms with Crippen molar-refractivity contribution >= 4 is 0 Å². The van der Waals surface area contributed by atoms with Gasteiger partial charge in [0.25, 0.3) is 0 Å². The Morgan fingerprint density at radius 1 is 0.885 bits per heavy atom. The Kier molecular flexibility index (Phi) is 6.77. The van der Waals surface area contributed by atoms with Crippen LogP contribution in [0.5, 0.6) is 5.75 Å². The molecule has 0 heterocycles. The highest BCUT2D eigenvalue weighted by atomic mass is 16.5. The largest absolute Gasteiger partial charge is 0.497 e. The van der Waals surface area contributed by atoms with Crippen molar-refractivity contribution in [3.63, 3.8) is 0 Å². The highest BCUT2D eigenvalue weighted by Gasteiger charge is 2.26. The SMILES string of the molecule is CCCC1CCC(CCc2ccc(-c3ccc(OC)cc3)cc2)C(C)C1. The van der Waals surface area contributed by atoms with E-state index in [-0.39, 0.29) is 0 Å². The summed E-state index contributed by atoms with van der Waals surface area (Å²) in [7, 11) is 1.71. The van der Waals surface area contributed by atoms with Crippen LogP contribution in [-0.4, -0.2) is 7.11 Å². The van der Waals surface area contributed by atoms with Gasteiger partial charge in [0.05, 0.1) is 7.11 Å². The number of benzene rings is 2. The van der Waals surface area contributed by atoms with E-state index in [1.165, 1.54) is 61.6 Å². The van der Waals surface area contributed by atoms with Gasteiger partial charge in [-0.1, -0.05) is 69.5 Å². The van der Waals surface area contributed by atoms with Crippen LogP contribution in [0.3, 0.4) is 0 Å². The van der Waals surface area contributed by atoms with Crippen molar-refractivity contribution in [2.45, 2.75) is 58.8 Å². The molecule has 1 saturated carbocycles. The predicted octanol–water partition coefficient (Wildman–Crippen LogP) is 7.15. The van der Waals surface area contributed by atoms with Gasteiger partial charge in [-0.25, -0.2) is 0 Å². The van der Waals surface area contributed by atoms with E-state index < -0.39 is 0 Å². The van der Waals surface area contributed by atoms with E-state index in [4.69, 9.17) is 4.74 Å². The summed E-state index contributed by atoms with van der Waals surface area (Å²) in [5.74, 6) is 3.73. The minimum atomic E-state index is 0.902. The summed E-state index contributed by atoms with van der Waals surface area (Å²) in [6.07, 6.45) is 9.70. The van der Waals surface area contributed by atoms with E-state index in [1.54, 1.807) is 7.11 Å². The molecule has 1 heteroatoms. The molecule has 2 aromatic rings. The topological polar surface area (TPSA) is 9.23 Å². The lowest BCUT2D eigenvalue weighted by molar-refractivity contribution is 0.177. The van der Waals surface area contributed by atoms with Crippen molar-refractivity contribution < 1.29 is 4.74 Å². The summed E-state index contributed by atoms with van der Waals surface area (Å²) in [6, 6.07) is 17.5. The van der Waals surface area contributed by atoms with E-state index in [0.29, 0.717) is 0 Å². The van der Waals surface area contributed by atoms with Gasteiger partial charge in [-0.2, -0.15) is 0 Å². The molecular weight excluding hydrogens is 316 g/mol. The second-order valence-electron chi connectivity index (χ2n) is 8.17. The van der Waals surface area contributed by atoms with Gasteiger partial charge in [-0.05, 0) is 72.3 Å². The molecule has 0 aliphatic heterocycles. The maximum Gasteiger partial charge on any atom is 0.118 e. The van der Waals surface area contributed by atoms with E-state index in [2.05, 4.69) is 50.2 Å². The molecule has 140 valence electrons. The van der Waals surface area contributed by atoms with Crippen LogP contribution in [-0.2, 0) is 6.42 Å². The van der Waals surface area contributed by atoms with Crippen LogP contribution in [0.2, 0.25) is 0 Å². The molecule has 0 amide bonds. The number of methoxy groups -OCH3 is 1. The lowest BCUT2D eigenvalue weighted by atomic mass is 9.72. The van der Waals surface area contributed by atoms with Gasteiger partial charge in [-0.15, -0.1) is 0 Å². The molecule has 0 aromatic heterocycles. The smallest absolute Gasteiger partial charge is 0.118 e. The third-order valence-corrected chi connectivity index (χ3v) is 6.33. The third kappa shape index (κ3) is 4.90. The van der Waals surface area contributed by atoms with E-state index in [9.17, 15) is 0 Å². The molecule has 0 N–H and O–H groups in total. The van der Waals surface area contributed by atoms with Gasteiger partial charge in [-0.3, -0.25) is 0 Å². The van der Waals surface area contributed by atoms with Gasteiger partial charge in [0.15, 0.2) is 0 Å². The van der Waals surface area contributed by atoms with Crippen LogP contribution in [0.4, 0.5) is 0 Å². The van der Waals surface area contributed by atoms with Crippen molar-refractivity contribution in [1.29, 1.82) is 0 Å². The Balaban J connectivity index is 1.53. The first-order valence-corrected chi connectivity index (χ1v) is 10.4. The Hall–Kier alpha value is -1.76. The van der Waals surface area contributed by atoms with Gasteiger partial charge >= 0.3 is 0 Å². The molecule has 1 aliphatic carbocycles. The number of aryl methyl sites for hydroxylation is 1. The first-order valence-electron chi connectivity index (χ1n) is 10.4. The number of hydrogen-bond acceptors (Lipinski definition) is 1. The second kappa shape index (κ2) is 9.26. The first kappa shape index (κ1) is 19.0. The van der Waals surface area contributed by atoms with Crippen LogP contribution in [0.15, 0.2) is 48.5 Å². The van der Waals surface area contributed by atoms with Crippen LogP contribution in [0.25, 0.3) is 11.1 Å². The first-order chi connectivity index (χ1) is 12.7. The van der Waals surface area contributed by atoms with Crippen molar-refractivity contribution in [3.05, 3.63) is 54.1 Å². The molecule has 0 radical (unpaired) electrons. The number of rotatable bonds is 7. The lowest BCUT2D eigenvalue weighted by Gasteiger charge is -2.34. The van der Waals surface area contributed by atoms with E-state index in [0.717, 1.165) is 23.5 Å². The van der Waals surface area contributed by atoms with Crippen molar-refractivity contribution in [2.24, 2.45) is 17.8 Å². The molecule has 1 aliphatic rings. The quantitative estimate of drug-likeness (QED) is 0.515. The molecule has 26 heavy (non-hydrogen) atoms. The molecule has 0 spiro atoms. The molecule has 3 unspecified atom stereocenters. The molecule has 0 saturated heterocycles. The zero-order valence-corrected chi connectivity index (χ0v) is 16.7. The molecule has 1 fully saturated rings. The normalized spacial score (nSPS) is 23.0. The molecule has 3 atom stereocenters. The minimum absolute atomic E-state index is 0.902. The van der Waals surface area contributed by atoms with Gasteiger partial charge in [0.2, 0.25) is 0 Å². The monoisotopic (exact) mass is 350 g/mol. The maximum atomic E-state index is 5.24. The minimum Gasteiger partial charge on any atom is -0.497 e. The number of hydrogen-bond donors (Lipinski definition) is 0. The van der Waals surface area contributed by atoms with Crippen LogP contribution in [0, 0.1) is 17.8 Å². The molecule has 3 rings (SSSR count). The van der Waals surface area contributed by atoms with Gasteiger partial charge in [0.1, 0.15) is 5.75 Å². The van der Waals surface area contributed by atoms with Gasteiger partial charge < -0.3 is 4.74 Å². The fraction of sp³-hybridized carbons (Fsp3) is 0.520. The highest BCUT2D eigenvalue weighted by Crippen LogP contribution is 2.38.